The van der Waals surface area contributed by atoms with E-state index in [4.69, 9.17) is 21.4 Å². The molecule has 0 spiro atoms. The van der Waals surface area contributed by atoms with Gasteiger partial charge >= 0.3 is 0 Å². The number of ether oxygens (including phenoxy) is 1. The lowest BCUT2D eigenvalue weighted by Crippen LogP contribution is -2.34. The lowest BCUT2D eigenvalue weighted by molar-refractivity contribution is 0.0976. The van der Waals surface area contributed by atoms with Crippen molar-refractivity contribution in [3.63, 3.8) is 0 Å². The molecule has 1 aromatic heterocycles. The zero-order valence-electron chi connectivity index (χ0n) is 18.5. The number of halogens is 1. The maximum atomic E-state index is 10.6. The van der Waals surface area contributed by atoms with Crippen LogP contribution in [0.5, 0.6) is 11.6 Å². The van der Waals surface area contributed by atoms with Crippen LogP contribution in [-0.2, 0) is 13.6 Å². The van der Waals surface area contributed by atoms with Crippen molar-refractivity contribution in [2.75, 3.05) is 6.54 Å². The average Bonchev–Trinajstić information content (AvgIpc) is 3.60. The van der Waals surface area contributed by atoms with Crippen LogP contribution in [0, 0.1) is 0 Å². The van der Waals surface area contributed by atoms with E-state index in [1.165, 1.54) is 0 Å². The second kappa shape index (κ2) is 10.3. The third-order valence-corrected chi connectivity index (χ3v) is 5.99. The molecule has 3 aromatic rings. The van der Waals surface area contributed by atoms with Gasteiger partial charge in [-0.15, -0.1) is 6.58 Å². The van der Waals surface area contributed by atoms with Crippen LogP contribution in [0.4, 0.5) is 0 Å². The van der Waals surface area contributed by atoms with Crippen LogP contribution < -0.4 is 4.74 Å². The Balaban J connectivity index is 1.67. The van der Waals surface area contributed by atoms with Crippen LogP contribution in [-0.4, -0.2) is 38.5 Å². The number of hydrogen-bond donors (Lipinski definition) is 1. The smallest absolute Gasteiger partial charge is 0.222 e. The number of hydrogen-bond acceptors (Lipinski definition) is 4. The molecule has 0 bridgehead atoms. The number of benzene rings is 2. The first kappa shape index (κ1) is 22.6. The maximum Gasteiger partial charge on any atom is 0.222 e. The van der Waals surface area contributed by atoms with Crippen molar-refractivity contribution in [2.24, 2.45) is 7.05 Å². The molecule has 32 heavy (non-hydrogen) atoms. The number of aliphatic hydroxyl groups is 1. The van der Waals surface area contributed by atoms with E-state index in [0.29, 0.717) is 35.8 Å². The van der Waals surface area contributed by atoms with E-state index in [9.17, 15) is 5.11 Å². The summed E-state index contributed by atoms with van der Waals surface area (Å²) in [5.41, 5.74) is 2.98. The topological polar surface area (TPSA) is 50.5 Å². The summed E-state index contributed by atoms with van der Waals surface area (Å²) in [6.07, 6.45) is 5.32. The highest BCUT2D eigenvalue weighted by atomic mass is 35.5. The van der Waals surface area contributed by atoms with Gasteiger partial charge in [-0.3, -0.25) is 4.90 Å². The number of aryl methyl sites for hydroxylation is 1. The van der Waals surface area contributed by atoms with Crippen molar-refractivity contribution >= 4 is 11.6 Å². The van der Waals surface area contributed by atoms with E-state index in [1.807, 2.05) is 55.6 Å². The van der Waals surface area contributed by atoms with Gasteiger partial charge in [-0.05, 0) is 49.9 Å². The van der Waals surface area contributed by atoms with Gasteiger partial charge in [-0.25, -0.2) is 4.68 Å². The van der Waals surface area contributed by atoms with E-state index in [2.05, 4.69) is 23.6 Å². The Hall–Kier alpha value is -2.60. The van der Waals surface area contributed by atoms with Gasteiger partial charge in [0, 0.05) is 36.8 Å². The Morgan fingerprint density at radius 1 is 1.22 bits per heavy atom. The van der Waals surface area contributed by atoms with Crippen molar-refractivity contribution in [3.05, 3.63) is 77.8 Å². The van der Waals surface area contributed by atoms with Crippen LogP contribution in [0.1, 0.15) is 31.2 Å². The van der Waals surface area contributed by atoms with Gasteiger partial charge in [-0.2, -0.15) is 5.10 Å². The quantitative estimate of drug-likeness (QED) is 0.373. The Kier molecular flexibility index (Phi) is 7.30. The van der Waals surface area contributed by atoms with Crippen LogP contribution >= 0.6 is 11.6 Å². The Labute approximate surface area is 194 Å². The van der Waals surface area contributed by atoms with Crippen molar-refractivity contribution in [1.82, 2.24) is 14.7 Å². The minimum absolute atomic E-state index is 0.383. The maximum absolute atomic E-state index is 10.6. The third kappa shape index (κ3) is 5.60. The molecule has 1 aliphatic carbocycles. The first-order chi connectivity index (χ1) is 15.5. The molecule has 0 aliphatic heterocycles. The van der Waals surface area contributed by atoms with Gasteiger partial charge < -0.3 is 9.84 Å². The van der Waals surface area contributed by atoms with Crippen LogP contribution in [0.15, 0.2) is 67.3 Å². The summed E-state index contributed by atoms with van der Waals surface area (Å²) in [6.45, 7) is 5.06. The SMILES string of the molecule is C=CCC[C@@H](O)CN(Cc1c(-c2ccccc2)nn(C)c1Oc1ccc(Cl)cc1)C1CC1. The zero-order chi connectivity index (χ0) is 22.5. The van der Waals surface area contributed by atoms with E-state index in [1.54, 1.807) is 4.68 Å². The van der Waals surface area contributed by atoms with E-state index in [-0.39, 0.29) is 6.10 Å². The predicted octanol–water partition coefficient (Wildman–Crippen LogP) is 5.82. The Morgan fingerprint density at radius 3 is 2.59 bits per heavy atom. The highest BCUT2D eigenvalue weighted by molar-refractivity contribution is 6.30. The molecule has 1 fully saturated rings. The third-order valence-electron chi connectivity index (χ3n) is 5.74. The first-order valence-corrected chi connectivity index (χ1v) is 11.5. The molecule has 2 aromatic carbocycles. The molecular weight excluding hydrogens is 422 g/mol. The van der Waals surface area contributed by atoms with Crippen LogP contribution in [0.25, 0.3) is 11.3 Å². The number of aromatic nitrogens is 2. The average molecular weight is 452 g/mol. The number of nitrogens with zero attached hydrogens (tertiary/aromatic N) is 3. The van der Waals surface area contributed by atoms with Gasteiger partial charge in [0.05, 0.1) is 11.7 Å². The summed E-state index contributed by atoms with van der Waals surface area (Å²) < 4.78 is 8.10. The first-order valence-electron chi connectivity index (χ1n) is 11.1. The predicted molar refractivity (Wildman–Crippen MR) is 129 cm³/mol. The summed E-state index contributed by atoms with van der Waals surface area (Å²) >= 11 is 6.05. The summed E-state index contributed by atoms with van der Waals surface area (Å²) in [6, 6.07) is 18.0. The number of rotatable bonds is 11. The molecule has 1 aliphatic rings. The molecule has 0 amide bonds. The molecule has 1 atom stereocenters. The molecule has 0 unspecified atom stereocenters. The monoisotopic (exact) mass is 451 g/mol. The summed E-state index contributed by atoms with van der Waals surface area (Å²) in [4.78, 5) is 2.37. The second-order valence-electron chi connectivity index (χ2n) is 8.36. The highest BCUT2D eigenvalue weighted by Crippen LogP contribution is 2.37. The lowest BCUT2D eigenvalue weighted by atomic mass is 10.1. The Morgan fingerprint density at radius 2 is 1.94 bits per heavy atom. The second-order valence-corrected chi connectivity index (χ2v) is 8.79. The van der Waals surface area contributed by atoms with Crippen molar-refractivity contribution < 1.29 is 9.84 Å². The molecule has 6 heteroatoms. The fourth-order valence-corrected chi connectivity index (χ4v) is 4.05. The molecule has 168 valence electrons. The molecule has 1 N–H and O–H groups in total. The van der Waals surface area contributed by atoms with Gasteiger partial charge in [0.15, 0.2) is 0 Å². The van der Waals surface area contributed by atoms with Gasteiger partial charge in [0.2, 0.25) is 5.88 Å². The molecule has 5 nitrogen and oxygen atoms in total. The zero-order valence-corrected chi connectivity index (χ0v) is 19.2. The molecule has 0 radical (unpaired) electrons. The van der Waals surface area contributed by atoms with E-state index < -0.39 is 0 Å². The number of allylic oxidation sites excluding steroid dienone is 1. The fourth-order valence-electron chi connectivity index (χ4n) is 3.92. The largest absolute Gasteiger partial charge is 0.439 e. The highest BCUT2D eigenvalue weighted by Gasteiger charge is 2.32. The summed E-state index contributed by atoms with van der Waals surface area (Å²) in [5, 5.41) is 16.1. The normalized spacial score (nSPS) is 14.5. The standard InChI is InChI=1S/C26H30ClN3O2/c1-3-4-10-22(31)17-30(21-13-14-21)18-24-25(19-8-6-5-7-9-19)28-29(2)26(24)32-23-15-11-20(27)12-16-23/h3,5-9,11-12,15-16,21-22,31H,1,4,10,13-14,17-18H2,2H3/t22-/m1/s1. The minimum Gasteiger partial charge on any atom is -0.439 e. The molecule has 1 heterocycles. The molecule has 4 rings (SSSR count). The van der Waals surface area contributed by atoms with E-state index in [0.717, 1.165) is 42.5 Å². The summed E-state index contributed by atoms with van der Waals surface area (Å²) in [5.74, 6) is 1.42. The molecule has 1 saturated carbocycles. The van der Waals surface area contributed by atoms with Crippen molar-refractivity contribution in [3.8, 4) is 22.9 Å². The van der Waals surface area contributed by atoms with E-state index >= 15 is 0 Å². The fraction of sp³-hybridized carbons (Fsp3) is 0.346. The molecule has 0 saturated heterocycles. The van der Waals surface area contributed by atoms with Gasteiger partial charge in [0.25, 0.3) is 0 Å². The van der Waals surface area contributed by atoms with Gasteiger partial charge in [-0.1, -0.05) is 48.0 Å². The van der Waals surface area contributed by atoms with Crippen molar-refractivity contribution in [1.29, 1.82) is 0 Å². The summed E-state index contributed by atoms with van der Waals surface area (Å²) in [7, 11) is 1.90. The Bertz CT molecular complexity index is 1030. The van der Waals surface area contributed by atoms with Crippen LogP contribution in [0.2, 0.25) is 5.02 Å². The molecular formula is C26H30ClN3O2. The number of aliphatic hydroxyl groups excluding tert-OH is 1. The lowest BCUT2D eigenvalue weighted by Gasteiger charge is -2.25. The van der Waals surface area contributed by atoms with Gasteiger partial charge in [0.1, 0.15) is 11.4 Å². The van der Waals surface area contributed by atoms with Crippen LogP contribution in [0.3, 0.4) is 0 Å². The minimum atomic E-state index is -0.383. The van der Waals surface area contributed by atoms with Crippen molar-refractivity contribution in [2.45, 2.75) is 44.4 Å².